The summed E-state index contributed by atoms with van der Waals surface area (Å²) in [5.74, 6) is -1.12. The number of hydrogen-bond donors (Lipinski definition) is 0. The molecule has 1 aromatic carbocycles. The van der Waals surface area contributed by atoms with Crippen LogP contribution in [0.2, 0.25) is 0 Å². The van der Waals surface area contributed by atoms with Gasteiger partial charge in [-0.15, -0.1) is 0 Å². The Balaban J connectivity index is 0.000001000. The van der Waals surface area contributed by atoms with Crippen LogP contribution in [0.25, 0.3) is 0 Å². The zero-order chi connectivity index (χ0) is 7.56. The standard InChI is InChI=1S/C8H8O2.Cd/c1-6-2-4-7(5-3-6)8(9)10;/h2-5H,1H3,(H,9,10);/q;+2/p-1. The molecular weight excluding hydrogens is 240 g/mol. The van der Waals surface area contributed by atoms with Crippen molar-refractivity contribution in [3.05, 3.63) is 35.4 Å². The number of hydrogen-bond acceptors (Lipinski definition) is 2. The van der Waals surface area contributed by atoms with Crippen LogP contribution in [0.1, 0.15) is 15.9 Å². The first kappa shape index (κ1) is 10.6. The molecule has 0 unspecified atom stereocenters. The van der Waals surface area contributed by atoms with Gasteiger partial charge in [-0.05, 0) is 12.5 Å². The summed E-state index contributed by atoms with van der Waals surface area (Å²) in [6.45, 7) is 1.90. The Morgan fingerprint density at radius 2 is 1.73 bits per heavy atom. The summed E-state index contributed by atoms with van der Waals surface area (Å²) in [6, 6.07) is 6.55. The minimum atomic E-state index is -1.12. The molecule has 0 aliphatic carbocycles. The van der Waals surface area contributed by atoms with Crippen LogP contribution in [0.4, 0.5) is 0 Å². The van der Waals surface area contributed by atoms with E-state index in [2.05, 4.69) is 0 Å². The molecule has 52 valence electrons. The molecule has 0 bridgehead atoms. The van der Waals surface area contributed by atoms with Crippen molar-refractivity contribution in [1.82, 2.24) is 0 Å². The summed E-state index contributed by atoms with van der Waals surface area (Å²) < 4.78 is 0. The Labute approximate surface area is 85.4 Å². The number of carbonyl (C=O) groups excluding carboxylic acids is 1. The van der Waals surface area contributed by atoms with Crippen LogP contribution >= 0.6 is 0 Å². The molecule has 0 saturated heterocycles. The molecule has 3 heteroatoms. The van der Waals surface area contributed by atoms with Gasteiger partial charge in [0.05, 0.1) is 5.97 Å². The van der Waals surface area contributed by atoms with Gasteiger partial charge in [0, 0.05) is 0 Å². The maximum Gasteiger partial charge on any atom is 2.00 e. The molecule has 11 heavy (non-hydrogen) atoms. The Morgan fingerprint density at radius 3 is 2.09 bits per heavy atom. The van der Waals surface area contributed by atoms with Gasteiger partial charge in [0.15, 0.2) is 0 Å². The summed E-state index contributed by atoms with van der Waals surface area (Å²) >= 11 is 0. The van der Waals surface area contributed by atoms with E-state index in [1.54, 1.807) is 12.1 Å². The fourth-order valence-electron chi connectivity index (χ4n) is 0.690. The number of rotatable bonds is 1. The largest absolute Gasteiger partial charge is 2.00 e. The van der Waals surface area contributed by atoms with Crippen LogP contribution in [0.3, 0.4) is 0 Å². The van der Waals surface area contributed by atoms with E-state index in [9.17, 15) is 9.90 Å². The number of carbonyl (C=O) groups is 1. The third-order valence-corrected chi connectivity index (χ3v) is 1.29. The average molecular weight is 248 g/mol. The van der Waals surface area contributed by atoms with Crippen molar-refractivity contribution in [2.45, 2.75) is 6.92 Å². The summed E-state index contributed by atoms with van der Waals surface area (Å²) in [5, 5.41) is 10.2. The quantitative estimate of drug-likeness (QED) is 0.672. The SMILES string of the molecule is Cc1ccc(C(=O)[O-])cc1.[Cd+2]. The predicted molar refractivity (Wildman–Crippen MR) is 35.5 cm³/mol. The van der Waals surface area contributed by atoms with Crippen molar-refractivity contribution in [2.24, 2.45) is 0 Å². The fourth-order valence-corrected chi connectivity index (χ4v) is 0.690. The molecule has 0 N–H and O–H groups in total. The summed E-state index contributed by atoms with van der Waals surface area (Å²) in [4.78, 5) is 10.2. The second-order valence-corrected chi connectivity index (χ2v) is 2.15. The van der Waals surface area contributed by atoms with Gasteiger partial charge in [0.2, 0.25) is 0 Å². The Kier molecular flexibility index (Phi) is 4.32. The fraction of sp³-hybridized carbons (Fsp3) is 0.125. The van der Waals surface area contributed by atoms with E-state index < -0.39 is 5.97 Å². The average Bonchev–Trinajstić information content (AvgIpc) is 1.88. The molecule has 2 nitrogen and oxygen atoms in total. The van der Waals surface area contributed by atoms with Gasteiger partial charge in [0.25, 0.3) is 0 Å². The van der Waals surface area contributed by atoms with Crippen molar-refractivity contribution in [3.63, 3.8) is 0 Å². The van der Waals surface area contributed by atoms with Crippen molar-refractivity contribution < 1.29 is 37.2 Å². The van der Waals surface area contributed by atoms with E-state index >= 15 is 0 Å². The molecule has 0 amide bonds. The monoisotopic (exact) mass is 249 g/mol. The second kappa shape index (κ2) is 4.48. The molecule has 0 atom stereocenters. The maximum absolute atomic E-state index is 10.2. The van der Waals surface area contributed by atoms with E-state index in [1.807, 2.05) is 6.92 Å². The van der Waals surface area contributed by atoms with Crippen LogP contribution in [0, 0.1) is 6.92 Å². The summed E-state index contributed by atoms with van der Waals surface area (Å²) in [7, 11) is 0. The van der Waals surface area contributed by atoms with E-state index in [-0.39, 0.29) is 32.9 Å². The smallest absolute Gasteiger partial charge is 0.545 e. The second-order valence-electron chi connectivity index (χ2n) is 2.15. The van der Waals surface area contributed by atoms with Crippen molar-refractivity contribution in [1.29, 1.82) is 0 Å². The van der Waals surface area contributed by atoms with Crippen LogP contribution in [-0.4, -0.2) is 5.97 Å². The van der Waals surface area contributed by atoms with Crippen LogP contribution in [0.5, 0.6) is 0 Å². The third kappa shape index (κ3) is 3.01. The first-order valence-electron chi connectivity index (χ1n) is 2.98. The topological polar surface area (TPSA) is 40.1 Å². The van der Waals surface area contributed by atoms with Crippen LogP contribution < -0.4 is 5.11 Å². The molecule has 1 aromatic rings. The molecule has 0 radical (unpaired) electrons. The Hall–Kier alpha value is -0.388. The summed E-state index contributed by atoms with van der Waals surface area (Å²) in [6.07, 6.45) is 0. The number of benzene rings is 1. The van der Waals surface area contributed by atoms with Crippen LogP contribution in [-0.2, 0) is 27.3 Å². The van der Waals surface area contributed by atoms with Crippen molar-refractivity contribution in [3.8, 4) is 0 Å². The predicted octanol–water partition coefficient (Wildman–Crippen LogP) is 0.356. The minimum absolute atomic E-state index is 0. The van der Waals surface area contributed by atoms with Crippen molar-refractivity contribution in [2.75, 3.05) is 0 Å². The van der Waals surface area contributed by atoms with E-state index in [0.717, 1.165) is 5.56 Å². The van der Waals surface area contributed by atoms with Gasteiger partial charge >= 0.3 is 27.3 Å². The Morgan fingerprint density at radius 1 is 1.27 bits per heavy atom. The molecule has 0 aliphatic heterocycles. The minimum Gasteiger partial charge on any atom is -0.545 e. The van der Waals surface area contributed by atoms with E-state index in [0.29, 0.717) is 0 Å². The number of carboxylic acids is 1. The van der Waals surface area contributed by atoms with Gasteiger partial charge in [-0.25, -0.2) is 0 Å². The molecule has 1 rings (SSSR count). The normalized spacial score (nSPS) is 8.45. The van der Waals surface area contributed by atoms with Crippen molar-refractivity contribution >= 4 is 5.97 Å². The van der Waals surface area contributed by atoms with E-state index in [1.165, 1.54) is 12.1 Å². The number of carboxylic acid groups (broad SMARTS) is 1. The zero-order valence-corrected chi connectivity index (χ0v) is 10.4. The zero-order valence-electron chi connectivity index (χ0n) is 6.33. The molecule has 0 spiro atoms. The van der Waals surface area contributed by atoms with Gasteiger partial charge in [-0.1, -0.05) is 29.8 Å². The number of aryl methyl sites for hydroxylation is 1. The first-order valence-corrected chi connectivity index (χ1v) is 2.98. The first-order chi connectivity index (χ1) is 4.70. The molecule has 0 aliphatic rings. The van der Waals surface area contributed by atoms with Gasteiger partial charge in [-0.2, -0.15) is 0 Å². The Bertz CT molecular complexity index is 241. The van der Waals surface area contributed by atoms with Crippen LogP contribution in [0.15, 0.2) is 24.3 Å². The molecule has 0 heterocycles. The molecular formula is C8H7CdO2+. The maximum atomic E-state index is 10.2. The van der Waals surface area contributed by atoms with E-state index in [4.69, 9.17) is 0 Å². The molecule has 0 saturated carbocycles. The van der Waals surface area contributed by atoms with Gasteiger partial charge in [-0.3, -0.25) is 0 Å². The van der Waals surface area contributed by atoms with Gasteiger partial charge in [0.1, 0.15) is 0 Å². The summed E-state index contributed by atoms with van der Waals surface area (Å²) in [5.41, 5.74) is 1.27. The van der Waals surface area contributed by atoms with Gasteiger partial charge < -0.3 is 9.90 Å². The molecule has 0 fully saturated rings. The third-order valence-electron chi connectivity index (χ3n) is 1.29. The number of aromatic carboxylic acids is 1. The molecule has 0 aromatic heterocycles.